The molecule has 0 atom stereocenters. The highest BCUT2D eigenvalue weighted by Crippen LogP contribution is 2.15. The first-order valence-electron chi connectivity index (χ1n) is 9.45. The number of para-hydroxylation sites is 1. The first kappa shape index (κ1) is 19.0. The molecule has 0 aliphatic carbocycles. The quantitative estimate of drug-likeness (QED) is 0.854. The van der Waals surface area contributed by atoms with Crippen LogP contribution in [-0.2, 0) is 4.79 Å². The Morgan fingerprint density at radius 3 is 2.37 bits per heavy atom. The lowest BCUT2D eigenvalue weighted by atomic mass is 10.0. The summed E-state index contributed by atoms with van der Waals surface area (Å²) in [5, 5.41) is 3.05. The highest BCUT2D eigenvalue weighted by molar-refractivity contribution is 5.94. The van der Waals surface area contributed by atoms with Gasteiger partial charge >= 0.3 is 0 Å². The zero-order valence-corrected chi connectivity index (χ0v) is 15.7. The van der Waals surface area contributed by atoms with Gasteiger partial charge in [0, 0.05) is 24.7 Å². The van der Waals surface area contributed by atoms with E-state index in [0.29, 0.717) is 26.1 Å². The van der Waals surface area contributed by atoms with Crippen molar-refractivity contribution in [3.63, 3.8) is 0 Å². The maximum Gasteiger partial charge on any atom is 0.253 e. The fraction of sp³-hybridized carbons (Fsp3) is 0.364. The maximum atomic E-state index is 12.5. The Balaban J connectivity index is 1.38. The topological polar surface area (TPSA) is 58.6 Å². The largest absolute Gasteiger partial charge is 0.493 e. The van der Waals surface area contributed by atoms with Crippen LogP contribution in [0.4, 0.5) is 0 Å². The van der Waals surface area contributed by atoms with Gasteiger partial charge in [0.15, 0.2) is 0 Å². The van der Waals surface area contributed by atoms with Crippen molar-refractivity contribution in [3.8, 4) is 5.75 Å². The van der Waals surface area contributed by atoms with Crippen molar-refractivity contribution in [1.82, 2.24) is 10.2 Å². The third kappa shape index (κ3) is 5.58. The summed E-state index contributed by atoms with van der Waals surface area (Å²) in [5.41, 5.74) is 1.87. The van der Waals surface area contributed by atoms with Gasteiger partial charge in [0.25, 0.3) is 5.91 Å². The number of rotatable bonds is 6. The number of nitrogens with one attached hydrogen (secondary N) is 1. The molecule has 3 rings (SSSR count). The summed E-state index contributed by atoms with van der Waals surface area (Å²) < 4.78 is 5.56. The highest BCUT2D eigenvalue weighted by Gasteiger charge is 2.24. The van der Waals surface area contributed by atoms with Crippen LogP contribution in [0, 0.1) is 6.92 Å². The number of carbonyl (C=O) groups excluding carboxylic acids is 2. The molecule has 27 heavy (non-hydrogen) atoms. The van der Waals surface area contributed by atoms with Crippen LogP contribution < -0.4 is 10.1 Å². The molecule has 0 radical (unpaired) electrons. The smallest absolute Gasteiger partial charge is 0.253 e. The number of likely N-dealkylation sites (tertiary alicyclic amines) is 1. The average molecular weight is 366 g/mol. The summed E-state index contributed by atoms with van der Waals surface area (Å²) in [6.45, 7) is 3.70. The van der Waals surface area contributed by atoms with Crippen LogP contribution >= 0.6 is 0 Å². The molecule has 5 nitrogen and oxygen atoms in total. The normalized spacial score (nSPS) is 14.6. The second-order valence-electron chi connectivity index (χ2n) is 6.91. The van der Waals surface area contributed by atoms with Gasteiger partial charge in [0.05, 0.1) is 13.0 Å². The highest BCUT2D eigenvalue weighted by atomic mass is 16.5. The number of benzene rings is 2. The summed E-state index contributed by atoms with van der Waals surface area (Å²) in [7, 11) is 0. The maximum absolute atomic E-state index is 12.5. The molecule has 1 aliphatic heterocycles. The molecular formula is C22H26N2O3. The fourth-order valence-electron chi connectivity index (χ4n) is 3.18. The molecule has 5 heteroatoms. The zero-order chi connectivity index (χ0) is 19.1. The molecule has 0 unspecified atom stereocenters. The van der Waals surface area contributed by atoms with E-state index in [1.807, 2.05) is 66.4 Å². The molecule has 1 fully saturated rings. The molecule has 2 aromatic rings. The minimum Gasteiger partial charge on any atom is -0.493 e. The number of piperidine rings is 1. The van der Waals surface area contributed by atoms with Crippen LogP contribution in [0.2, 0.25) is 0 Å². The average Bonchev–Trinajstić information content (AvgIpc) is 2.69. The van der Waals surface area contributed by atoms with Crippen LogP contribution in [-0.4, -0.2) is 42.5 Å². The Morgan fingerprint density at radius 1 is 1.04 bits per heavy atom. The lowest BCUT2D eigenvalue weighted by Gasteiger charge is -2.32. The van der Waals surface area contributed by atoms with Gasteiger partial charge in [0.1, 0.15) is 5.75 Å². The van der Waals surface area contributed by atoms with Gasteiger partial charge in [-0.1, -0.05) is 35.9 Å². The Morgan fingerprint density at radius 2 is 1.70 bits per heavy atom. The SMILES string of the molecule is Cc1ccc(C(=O)N2CCC(NC(=O)CCOc3ccccc3)CC2)cc1. The summed E-state index contributed by atoms with van der Waals surface area (Å²) in [6, 6.07) is 17.3. The van der Waals surface area contributed by atoms with Crippen molar-refractivity contribution >= 4 is 11.8 Å². The third-order valence-corrected chi connectivity index (χ3v) is 4.79. The molecular weight excluding hydrogens is 340 g/mol. The van der Waals surface area contributed by atoms with Crippen LogP contribution in [0.3, 0.4) is 0 Å². The Bertz CT molecular complexity index is 751. The lowest BCUT2D eigenvalue weighted by molar-refractivity contribution is -0.122. The number of hydrogen-bond donors (Lipinski definition) is 1. The van der Waals surface area contributed by atoms with Gasteiger partial charge in [-0.2, -0.15) is 0 Å². The number of ether oxygens (including phenoxy) is 1. The summed E-state index contributed by atoms with van der Waals surface area (Å²) >= 11 is 0. The van der Waals surface area contributed by atoms with Crippen LogP contribution in [0.1, 0.15) is 35.2 Å². The second kappa shape index (κ2) is 9.21. The van der Waals surface area contributed by atoms with E-state index in [1.165, 1.54) is 0 Å². The van der Waals surface area contributed by atoms with E-state index in [0.717, 1.165) is 29.7 Å². The van der Waals surface area contributed by atoms with Crippen molar-refractivity contribution in [2.45, 2.75) is 32.2 Å². The predicted molar refractivity (Wildman–Crippen MR) is 105 cm³/mol. The molecule has 0 aromatic heterocycles. The van der Waals surface area contributed by atoms with Crippen molar-refractivity contribution in [1.29, 1.82) is 0 Å². The van der Waals surface area contributed by atoms with Gasteiger partial charge in [-0.15, -0.1) is 0 Å². The third-order valence-electron chi connectivity index (χ3n) is 4.79. The van der Waals surface area contributed by atoms with E-state index in [1.54, 1.807) is 0 Å². The molecule has 1 saturated heterocycles. The van der Waals surface area contributed by atoms with Gasteiger partial charge in [-0.25, -0.2) is 0 Å². The summed E-state index contributed by atoms with van der Waals surface area (Å²) in [6.07, 6.45) is 1.89. The summed E-state index contributed by atoms with van der Waals surface area (Å²) in [4.78, 5) is 26.5. The number of aryl methyl sites for hydroxylation is 1. The first-order chi connectivity index (χ1) is 13.1. The fourth-order valence-corrected chi connectivity index (χ4v) is 3.18. The lowest BCUT2D eigenvalue weighted by Crippen LogP contribution is -2.46. The van der Waals surface area contributed by atoms with Gasteiger partial charge in [0.2, 0.25) is 5.91 Å². The van der Waals surface area contributed by atoms with E-state index in [9.17, 15) is 9.59 Å². The number of hydrogen-bond acceptors (Lipinski definition) is 3. The van der Waals surface area contributed by atoms with E-state index in [2.05, 4.69) is 5.32 Å². The predicted octanol–water partition coefficient (Wildman–Crippen LogP) is 3.18. The van der Waals surface area contributed by atoms with Crippen molar-refractivity contribution in [2.24, 2.45) is 0 Å². The number of carbonyl (C=O) groups is 2. The minimum atomic E-state index is -0.00533. The molecule has 0 saturated carbocycles. The van der Waals surface area contributed by atoms with Crippen LogP contribution in [0.25, 0.3) is 0 Å². The molecule has 1 aliphatic rings. The van der Waals surface area contributed by atoms with Crippen molar-refractivity contribution < 1.29 is 14.3 Å². The summed E-state index contributed by atoms with van der Waals surface area (Å²) in [5.74, 6) is 0.832. The number of nitrogens with zero attached hydrogens (tertiary/aromatic N) is 1. The van der Waals surface area contributed by atoms with Gasteiger partial charge in [-0.3, -0.25) is 9.59 Å². The molecule has 1 N–H and O–H groups in total. The van der Waals surface area contributed by atoms with E-state index < -0.39 is 0 Å². The van der Waals surface area contributed by atoms with E-state index >= 15 is 0 Å². The van der Waals surface area contributed by atoms with E-state index in [-0.39, 0.29) is 17.9 Å². The second-order valence-corrected chi connectivity index (χ2v) is 6.91. The molecule has 0 bridgehead atoms. The van der Waals surface area contributed by atoms with Crippen LogP contribution in [0.5, 0.6) is 5.75 Å². The van der Waals surface area contributed by atoms with E-state index in [4.69, 9.17) is 4.74 Å². The molecule has 2 amide bonds. The van der Waals surface area contributed by atoms with Crippen LogP contribution in [0.15, 0.2) is 54.6 Å². The van der Waals surface area contributed by atoms with Crippen molar-refractivity contribution in [2.75, 3.05) is 19.7 Å². The Labute approximate surface area is 160 Å². The number of amides is 2. The Hall–Kier alpha value is -2.82. The standard InChI is InChI=1S/C22H26N2O3/c1-17-7-9-18(10-8-17)22(26)24-14-11-19(12-15-24)23-21(25)13-16-27-20-5-3-2-4-6-20/h2-10,19H,11-16H2,1H3,(H,23,25). The zero-order valence-electron chi connectivity index (χ0n) is 15.7. The van der Waals surface area contributed by atoms with Crippen molar-refractivity contribution in [3.05, 3.63) is 65.7 Å². The molecule has 2 aromatic carbocycles. The van der Waals surface area contributed by atoms with Gasteiger partial charge in [-0.05, 0) is 44.0 Å². The molecule has 0 spiro atoms. The molecule has 142 valence electrons. The monoisotopic (exact) mass is 366 g/mol. The van der Waals surface area contributed by atoms with Gasteiger partial charge < -0.3 is 15.0 Å². The molecule has 1 heterocycles. The first-order valence-corrected chi connectivity index (χ1v) is 9.45. The minimum absolute atomic E-state index is 0.00533. The Kier molecular flexibility index (Phi) is 6.47.